The maximum atomic E-state index is 14.6. The van der Waals surface area contributed by atoms with Crippen molar-refractivity contribution in [2.75, 3.05) is 12.9 Å². The van der Waals surface area contributed by atoms with E-state index in [0.717, 1.165) is 45.1 Å². The Morgan fingerprint density at radius 3 is 2.46 bits per heavy atom. The number of halogens is 2. The second kappa shape index (κ2) is 15.3. The molecule has 1 atom stereocenters. The van der Waals surface area contributed by atoms with Crippen LogP contribution in [-0.2, 0) is 16.1 Å². The average molecular weight is 921 g/mol. The van der Waals surface area contributed by atoms with Crippen LogP contribution in [0.15, 0.2) is 129 Å². The highest BCUT2D eigenvalue weighted by Gasteiger charge is 2.35. The summed E-state index contributed by atoms with van der Waals surface area (Å²) >= 11 is 7.52. The average Bonchev–Trinajstić information content (AvgIpc) is 3.44. The number of hydrogen-bond acceptors (Lipinski definition) is 7. The lowest BCUT2D eigenvalue weighted by Gasteiger charge is -2.26. The van der Waals surface area contributed by atoms with Crippen molar-refractivity contribution in [2.45, 2.75) is 24.5 Å². The van der Waals surface area contributed by atoms with E-state index in [4.69, 9.17) is 14.5 Å². The number of thioether (sulfide) groups is 1. The van der Waals surface area contributed by atoms with Crippen molar-refractivity contribution in [3.63, 3.8) is 0 Å². The molecule has 1 aliphatic heterocycles. The van der Waals surface area contributed by atoms with Crippen molar-refractivity contribution in [3.8, 4) is 5.75 Å². The molecule has 250 valence electrons. The van der Waals surface area contributed by atoms with Crippen molar-refractivity contribution in [2.24, 2.45) is 4.99 Å². The Balaban J connectivity index is 1.40. The van der Waals surface area contributed by atoms with Gasteiger partial charge in [-0.05, 0) is 111 Å². The second-order valence-corrected chi connectivity index (χ2v) is 15.7. The van der Waals surface area contributed by atoms with Crippen LogP contribution in [-0.4, -0.2) is 23.4 Å². The first-order valence-corrected chi connectivity index (χ1v) is 20.1. The fraction of sp³-hybridized carbons (Fsp3) is 0.125. The molecule has 0 radical (unpaired) electrons. The van der Waals surface area contributed by atoms with Gasteiger partial charge in [0.25, 0.3) is 5.56 Å². The number of hydrogen-bond donors (Lipinski definition) is 0. The van der Waals surface area contributed by atoms with Gasteiger partial charge in [0, 0.05) is 19.6 Å². The molecule has 5 aromatic carbocycles. The van der Waals surface area contributed by atoms with Crippen LogP contribution < -0.4 is 19.6 Å². The normalized spacial score (nSPS) is 14.4. The van der Waals surface area contributed by atoms with Gasteiger partial charge in [-0.15, -0.1) is 11.8 Å². The first kappa shape index (κ1) is 34.7. The van der Waals surface area contributed by atoms with E-state index in [9.17, 15) is 9.59 Å². The number of ether oxygens (including phenoxy) is 2. The summed E-state index contributed by atoms with van der Waals surface area (Å²) in [5.41, 5.74) is 4.03. The van der Waals surface area contributed by atoms with Crippen molar-refractivity contribution >= 4 is 96.8 Å². The predicted molar refractivity (Wildman–Crippen MR) is 219 cm³/mol. The summed E-state index contributed by atoms with van der Waals surface area (Å²) in [5, 5.41) is 2.30. The van der Waals surface area contributed by atoms with Crippen LogP contribution in [0.2, 0.25) is 0 Å². The lowest BCUT2D eigenvalue weighted by molar-refractivity contribution is -0.138. The number of fused-ring (bicyclic) bond motifs is 2. The topological polar surface area (TPSA) is 69.9 Å². The van der Waals surface area contributed by atoms with E-state index < -0.39 is 12.0 Å². The van der Waals surface area contributed by atoms with E-state index in [0.29, 0.717) is 33.0 Å². The highest BCUT2D eigenvalue weighted by molar-refractivity contribution is 14.1. The maximum absolute atomic E-state index is 14.6. The first-order chi connectivity index (χ1) is 24.4. The molecule has 10 heteroatoms. The van der Waals surface area contributed by atoms with Crippen LogP contribution in [0.1, 0.15) is 35.2 Å². The van der Waals surface area contributed by atoms with E-state index in [1.807, 2.05) is 91.2 Å². The molecule has 0 spiro atoms. The number of carbonyl (C=O) groups excluding carboxylic acids is 1. The van der Waals surface area contributed by atoms with Crippen molar-refractivity contribution < 1.29 is 14.3 Å². The fourth-order valence-electron chi connectivity index (χ4n) is 6.09. The molecule has 0 N–H and O–H groups in total. The maximum Gasteiger partial charge on any atom is 0.338 e. The predicted octanol–water partition coefficient (Wildman–Crippen LogP) is 8.60. The number of aromatic nitrogens is 1. The van der Waals surface area contributed by atoms with Crippen LogP contribution in [0.3, 0.4) is 0 Å². The molecule has 0 amide bonds. The molecule has 1 aliphatic rings. The fourth-order valence-corrected chi connectivity index (χ4v) is 9.54. The highest BCUT2D eigenvalue weighted by atomic mass is 127. The Morgan fingerprint density at radius 1 is 0.960 bits per heavy atom. The van der Waals surface area contributed by atoms with Gasteiger partial charge in [0.05, 0.1) is 32.0 Å². The summed E-state index contributed by atoms with van der Waals surface area (Å²) in [4.78, 5) is 35.0. The van der Waals surface area contributed by atoms with Crippen LogP contribution in [0.25, 0.3) is 22.5 Å². The zero-order chi connectivity index (χ0) is 34.8. The summed E-state index contributed by atoms with van der Waals surface area (Å²) in [6.07, 6.45) is 3.90. The number of carbonyl (C=O) groups is 1. The molecule has 0 aliphatic carbocycles. The molecule has 6 aromatic rings. The van der Waals surface area contributed by atoms with E-state index in [1.54, 1.807) is 23.3 Å². The number of rotatable bonds is 9. The monoisotopic (exact) mass is 920 g/mol. The third-order valence-electron chi connectivity index (χ3n) is 8.38. The van der Waals surface area contributed by atoms with Gasteiger partial charge in [-0.25, -0.2) is 9.79 Å². The van der Waals surface area contributed by atoms with Crippen LogP contribution in [0, 0.1) is 7.14 Å². The lowest BCUT2D eigenvalue weighted by Crippen LogP contribution is -2.40. The molecule has 6 nitrogen and oxygen atoms in total. The third-order valence-corrected chi connectivity index (χ3v) is 11.5. The van der Waals surface area contributed by atoms with Gasteiger partial charge < -0.3 is 9.47 Å². The van der Waals surface area contributed by atoms with Crippen LogP contribution in [0.4, 0.5) is 0 Å². The molecule has 0 bridgehead atoms. The second-order valence-electron chi connectivity index (χ2n) is 11.4. The van der Waals surface area contributed by atoms with Gasteiger partial charge in [0.2, 0.25) is 0 Å². The van der Waals surface area contributed by atoms with Gasteiger partial charge in [-0.3, -0.25) is 9.36 Å². The Labute approximate surface area is 324 Å². The largest absolute Gasteiger partial charge is 0.487 e. The van der Waals surface area contributed by atoms with Gasteiger partial charge in [0.15, 0.2) is 4.80 Å². The van der Waals surface area contributed by atoms with E-state index >= 15 is 0 Å². The molecule has 0 fully saturated rings. The number of benzene rings is 5. The quantitative estimate of drug-likeness (QED) is 0.0827. The summed E-state index contributed by atoms with van der Waals surface area (Å²) < 4.78 is 16.3. The zero-order valence-corrected chi connectivity index (χ0v) is 33.0. The Hall–Kier alpha value is -3.72. The molecule has 50 heavy (non-hydrogen) atoms. The first-order valence-electron chi connectivity index (χ1n) is 15.9. The standard InChI is InChI=1S/C40H30I2N2O4S2/c1-3-47-39(46)34-35(25-11-5-4-6-12-25)43-40-44(36(34)26-16-18-30(49-2)19-17-26)38(45)33(50-40)21-28-20-29(41)22-32(42)37(28)48-23-27-14-9-13-24-10-7-8-15-31(24)27/h4-22,36H,3,23H2,1-2H3/b33-21-/t36-/m1/s1. The molecule has 0 saturated heterocycles. The van der Waals surface area contributed by atoms with Gasteiger partial charge in [0.1, 0.15) is 12.4 Å². The summed E-state index contributed by atoms with van der Waals surface area (Å²) in [7, 11) is 0. The Bertz CT molecular complexity index is 2450. The molecular formula is C40H30I2N2O4S2. The Kier molecular flexibility index (Phi) is 10.6. The van der Waals surface area contributed by atoms with Crippen LogP contribution >= 0.6 is 68.3 Å². The molecule has 7 rings (SSSR count). The van der Waals surface area contributed by atoms with Gasteiger partial charge in [-0.1, -0.05) is 96.3 Å². The summed E-state index contributed by atoms with van der Waals surface area (Å²) in [5.74, 6) is 0.200. The summed E-state index contributed by atoms with van der Waals surface area (Å²) in [6.45, 7) is 2.34. The highest BCUT2D eigenvalue weighted by Crippen LogP contribution is 2.36. The van der Waals surface area contributed by atoms with E-state index in [-0.39, 0.29) is 12.2 Å². The molecule has 1 aromatic heterocycles. The molecule has 0 saturated carbocycles. The third kappa shape index (κ3) is 6.95. The van der Waals surface area contributed by atoms with E-state index in [1.165, 1.54) is 11.3 Å². The SMILES string of the molecule is CCOC(=O)C1=C(c2ccccc2)N=c2s/c(=C\c3cc(I)cc(I)c3OCc3cccc4ccccc34)c(=O)n2[C@@H]1c1ccc(SC)cc1. The number of thiazole rings is 1. The minimum Gasteiger partial charge on any atom is -0.487 e. The lowest BCUT2D eigenvalue weighted by atomic mass is 9.93. The molecule has 0 unspecified atom stereocenters. The zero-order valence-electron chi connectivity index (χ0n) is 27.1. The van der Waals surface area contributed by atoms with E-state index in [2.05, 4.69) is 75.5 Å². The van der Waals surface area contributed by atoms with Crippen molar-refractivity contribution in [1.29, 1.82) is 0 Å². The van der Waals surface area contributed by atoms with Crippen LogP contribution in [0.5, 0.6) is 5.75 Å². The molecule has 2 heterocycles. The number of esters is 1. The summed E-state index contributed by atoms with van der Waals surface area (Å²) in [6, 6.07) is 35.4. The minimum atomic E-state index is -0.739. The Morgan fingerprint density at radius 2 is 1.70 bits per heavy atom. The van der Waals surface area contributed by atoms with Crippen molar-refractivity contribution in [3.05, 3.63) is 164 Å². The van der Waals surface area contributed by atoms with Gasteiger partial charge >= 0.3 is 5.97 Å². The smallest absolute Gasteiger partial charge is 0.338 e. The molecular weight excluding hydrogens is 890 g/mol. The van der Waals surface area contributed by atoms with Gasteiger partial charge in [-0.2, -0.15) is 0 Å². The number of nitrogens with zero attached hydrogens (tertiary/aromatic N) is 2. The van der Waals surface area contributed by atoms with Crippen molar-refractivity contribution in [1.82, 2.24) is 4.57 Å². The minimum absolute atomic E-state index is 0.194.